The first-order valence-corrected chi connectivity index (χ1v) is 9.54. The van der Waals surface area contributed by atoms with Gasteiger partial charge in [0.05, 0.1) is 17.2 Å². The zero-order valence-electron chi connectivity index (χ0n) is 16.1. The maximum Gasteiger partial charge on any atom is 0.349 e. The molecule has 1 heterocycles. The lowest BCUT2D eigenvalue weighted by atomic mass is 10.1. The number of nitro benzene ring substituents is 1. The number of rotatable bonds is 7. The summed E-state index contributed by atoms with van der Waals surface area (Å²) < 4.78 is 24.9. The molecule has 0 saturated carbocycles. The fraction of sp³-hybridized carbons (Fsp3) is 0.200. The van der Waals surface area contributed by atoms with E-state index in [4.69, 9.17) is 9.47 Å². The number of nitrogens with zero attached hydrogens (tertiary/aromatic N) is 1. The van der Waals surface area contributed by atoms with Gasteiger partial charge in [-0.1, -0.05) is 12.1 Å². The lowest BCUT2D eigenvalue weighted by Gasteiger charge is -2.09. The van der Waals surface area contributed by atoms with Crippen LogP contribution in [0, 0.1) is 22.9 Å². The molecule has 0 atom stereocenters. The Kier molecular flexibility index (Phi) is 6.38. The third kappa shape index (κ3) is 4.44. The second-order valence-electron chi connectivity index (χ2n) is 6.34. The Morgan fingerprint density at radius 2 is 2.03 bits per heavy atom. The lowest BCUT2D eigenvalue weighted by Crippen LogP contribution is -2.21. The van der Waals surface area contributed by atoms with Gasteiger partial charge in [-0.3, -0.25) is 14.9 Å². The minimum absolute atomic E-state index is 0.00441. The number of hydrogen-bond donors (Lipinski definition) is 1. The van der Waals surface area contributed by atoms with Crippen molar-refractivity contribution in [2.45, 2.75) is 13.5 Å². The number of fused-ring (bicyclic) bond motifs is 1. The van der Waals surface area contributed by atoms with Crippen molar-refractivity contribution < 1.29 is 28.4 Å². The van der Waals surface area contributed by atoms with Gasteiger partial charge in [-0.2, -0.15) is 0 Å². The monoisotopic (exact) mass is 432 g/mol. The quantitative estimate of drug-likeness (QED) is 0.341. The average Bonchev–Trinajstić information content (AvgIpc) is 3.08. The van der Waals surface area contributed by atoms with Gasteiger partial charge in [0.2, 0.25) is 0 Å². The maximum absolute atomic E-state index is 14.2. The number of esters is 1. The van der Waals surface area contributed by atoms with Crippen LogP contribution in [-0.4, -0.2) is 30.5 Å². The van der Waals surface area contributed by atoms with Crippen molar-refractivity contribution in [2.24, 2.45) is 0 Å². The smallest absolute Gasteiger partial charge is 0.349 e. The van der Waals surface area contributed by atoms with E-state index in [9.17, 15) is 24.1 Å². The van der Waals surface area contributed by atoms with Crippen LogP contribution in [0.4, 0.5) is 15.8 Å². The highest BCUT2D eigenvalue weighted by molar-refractivity contribution is 7.21. The van der Waals surface area contributed by atoms with Gasteiger partial charge in [-0.05, 0) is 24.6 Å². The van der Waals surface area contributed by atoms with Crippen LogP contribution in [0.5, 0.6) is 0 Å². The van der Waals surface area contributed by atoms with Crippen LogP contribution in [0.2, 0.25) is 0 Å². The number of benzene rings is 2. The van der Waals surface area contributed by atoms with E-state index < -0.39 is 29.2 Å². The molecule has 1 aromatic heterocycles. The molecule has 10 heteroatoms. The van der Waals surface area contributed by atoms with Crippen molar-refractivity contribution in [3.05, 3.63) is 68.3 Å². The van der Waals surface area contributed by atoms with Gasteiger partial charge in [0.15, 0.2) is 6.61 Å². The summed E-state index contributed by atoms with van der Waals surface area (Å²) in [5.74, 6) is -1.92. The first-order chi connectivity index (χ1) is 14.3. The number of ether oxygens (including phenoxy) is 2. The highest BCUT2D eigenvalue weighted by Crippen LogP contribution is 2.34. The number of non-ortho nitro benzene ring substituents is 1. The average molecular weight is 432 g/mol. The van der Waals surface area contributed by atoms with Crippen LogP contribution in [-0.2, 0) is 20.9 Å². The molecule has 0 aliphatic heterocycles. The summed E-state index contributed by atoms with van der Waals surface area (Å²) in [6, 6.07) is 8.55. The number of nitro groups is 1. The van der Waals surface area contributed by atoms with E-state index in [0.717, 1.165) is 11.3 Å². The van der Waals surface area contributed by atoms with Crippen LogP contribution in [0.1, 0.15) is 20.8 Å². The number of methoxy groups -OCH3 is 1. The molecule has 156 valence electrons. The van der Waals surface area contributed by atoms with Crippen molar-refractivity contribution in [3.63, 3.8) is 0 Å². The SMILES string of the molecule is COCc1c(C(=O)OCC(=O)Nc2cc([N+](=O)[O-])ccc2C)sc2cccc(F)c12. The third-order valence-corrected chi connectivity index (χ3v) is 5.46. The number of hydrogen-bond acceptors (Lipinski definition) is 7. The Hall–Kier alpha value is -3.37. The second kappa shape index (κ2) is 8.97. The number of nitrogens with one attached hydrogen (secondary N) is 1. The molecule has 0 aliphatic rings. The fourth-order valence-corrected chi connectivity index (χ4v) is 3.97. The van der Waals surface area contributed by atoms with Gasteiger partial charge in [0, 0.05) is 34.9 Å². The second-order valence-corrected chi connectivity index (χ2v) is 7.39. The summed E-state index contributed by atoms with van der Waals surface area (Å²) in [6.07, 6.45) is 0. The van der Waals surface area contributed by atoms with Gasteiger partial charge in [-0.25, -0.2) is 9.18 Å². The molecule has 0 aliphatic carbocycles. The van der Waals surface area contributed by atoms with Crippen molar-refractivity contribution in [1.82, 2.24) is 0 Å². The molecule has 30 heavy (non-hydrogen) atoms. The standard InChI is InChI=1S/C20H17FN2O6S/c1-11-6-7-12(23(26)27)8-15(11)22-17(24)10-29-20(25)19-13(9-28-2)18-14(21)4-3-5-16(18)30-19/h3-8H,9-10H2,1-2H3,(H,22,24). The summed E-state index contributed by atoms with van der Waals surface area (Å²) in [4.78, 5) is 35.2. The molecule has 2 aromatic carbocycles. The van der Waals surface area contributed by atoms with E-state index in [0.29, 0.717) is 15.8 Å². The van der Waals surface area contributed by atoms with E-state index >= 15 is 0 Å². The zero-order valence-corrected chi connectivity index (χ0v) is 16.9. The predicted molar refractivity (Wildman–Crippen MR) is 109 cm³/mol. The first kappa shape index (κ1) is 21.3. The Morgan fingerprint density at radius 1 is 1.27 bits per heavy atom. The van der Waals surface area contributed by atoms with Crippen LogP contribution < -0.4 is 5.32 Å². The Bertz CT molecular complexity index is 1140. The molecular formula is C20H17FN2O6S. The molecule has 3 rings (SSSR count). The van der Waals surface area contributed by atoms with Gasteiger partial charge in [0.1, 0.15) is 10.7 Å². The highest BCUT2D eigenvalue weighted by Gasteiger charge is 2.22. The fourth-order valence-electron chi connectivity index (χ4n) is 2.86. The van der Waals surface area contributed by atoms with Crippen molar-refractivity contribution in [3.8, 4) is 0 Å². The molecule has 0 saturated heterocycles. The zero-order chi connectivity index (χ0) is 21.8. The van der Waals surface area contributed by atoms with Crippen LogP contribution >= 0.6 is 11.3 Å². The van der Waals surface area contributed by atoms with Gasteiger partial charge < -0.3 is 14.8 Å². The molecule has 1 amide bonds. The third-order valence-electron chi connectivity index (χ3n) is 4.28. The van der Waals surface area contributed by atoms with E-state index in [-0.39, 0.29) is 28.2 Å². The number of carbonyl (C=O) groups excluding carboxylic acids is 2. The van der Waals surface area contributed by atoms with Crippen LogP contribution in [0.15, 0.2) is 36.4 Å². The molecule has 0 unspecified atom stereocenters. The van der Waals surface area contributed by atoms with Crippen molar-refractivity contribution in [1.29, 1.82) is 0 Å². The number of halogens is 1. The van der Waals surface area contributed by atoms with Crippen molar-refractivity contribution in [2.75, 3.05) is 19.0 Å². The predicted octanol–water partition coefficient (Wildman–Crippen LogP) is 4.20. The molecule has 0 radical (unpaired) electrons. The van der Waals surface area contributed by atoms with Gasteiger partial charge in [0.25, 0.3) is 11.6 Å². The van der Waals surface area contributed by atoms with E-state index in [1.165, 1.54) is 37.4 Å². The van der Waals surface area contributed by atoms with E-state index in [1.54, 1.807) is 13.0 Å². The lowest BCUT2D eigenvalue weighted by molar-refractivity contribution is -0.384. The number of anilines is 1. The minimum atomic E-state index is -0.784. The van der Waals surface area contributed by atoms with Gasteiger partial charge >= 0.3 is 5.97 Å². The summed E-state index contributed by atoms with van der Waals surface area (Å²) in [6.45, 7) is 1.07. The summed E-state index contributed by atoms with van der Waals surface area (Å²) in [5.41, 5.74) is 1.04. The highest BCUT2D eigenvalue weighted by atomic mass is 32.1. The molecule has 1 N–H and O–H groups in total. The Labute approximate surface area is 174 Å². The topological polar surface area (TPSA) is 108 Å². The van der Waals surface area contributed by atoms with Crippen LogP contribution in [0.3, 0.4) is 0 Å². The molecule has 0 fully saturated rings. The van der Waals surface area contributed by atoms with E-state index in [1.807, 2.05) is 0 Å². The molecule has 8 nitrogen and oxygen atoms in total. The van der Waals surface area contributed by atoms with Crippen molar-refractivity contribution >= 4 is 44.7 Å². The van der Waals surface area contributed by atoms with Crippen LogP contribution in [0.25, 0.3) is 10.1 Å². The number of carbonyl (C=O) groups is 2. The first-order valence-electron chi connectivity index (χ1n) is 8.72. The summed E-state index contributed by atoms with van der Waals surface area (Å²) >= 11 is 1.05. The molecule has 3 aromatic rings. The molecule has 0 spiro atoms. The van der Waals surface area contributed by atoms with E-state index in [2.05, 4.69) is 5.32 Å². The number of amides is 1. The number of thiophene rings is 1. The van der Waals surface area contributed by atoms with Gasteiger partial charge in [-0.15, -0.1) is 11.3 Å². The summed E-state index contributed by atoms with van der Waals surface area (Å²) in [7, 11) is 1.42. The minimum Gasteiger partial charge on any atom is -0.451 e. The normalized spacial score (nSPS) is 10.8. The molecule has 0 bridgehead atoms. The largest absolute Gasteiger partial charge is 0.451 e. The Balaban J connectivity index is 1.74. The summed E-state index contributed by atoms with van der Waals surface area (Å²) in [5, 5.41) is 13.7. The maximum atomic E-state index is 14.2. The number of aryl methyl sites for hydroxylation is 1. The molecular weight excluding hydrogens is 415 g/mol. The Morgan fingerprint density at radius 3 is 2.73 bits per heavy atom.